The summed E-state index contributed by atoms with van der Waals surface area (Å²) in [7, 11) is 0. The summed E-state index contributed by atoms with van der Waals surface area (Å²) in [5, 5.41) is 0. The van der Waals surface area contributed by atoms with Gasteiger partial charge in [0, 0.05) is 18.9 Å². The van der Waals surface area contributed by atoms with Gasteiger partial charge in [-0.1, -0.05) is 0 Å². The number of primary amides is 1. The predicted molar refractivity (Wildman–Crippen MR) is 77.6 cm³/mol. The van der Waals surface area contributed by atoms with E-state index in [1.54, 1.807) is 0 Å². The summed E-state index contributed by atoms with van der Waals surface area (Å²) < 4.78 is 0.943. The van der Waals surface area contributed by atoms with Gasteiger partial charge in [0.25, 0.3) is 5.91 Å². The number of carbonyl (C=O) groups excluding carboxylic acids is 1. The summed E-state index contributed by atoms with van der Waals surface area (Å²) in [5.41, 5.74) is 5.58. The normalized spacial score (nSPS) is 35.9. The second kappa shape index (κ2) is 5.41. The number of amides is 1. The second-order valence-electron chi connectivity index (χ2n) is 7.00. The van der Waals surface area contributed by atoms with Crippen LogP contribution < -0.4 is 5.73 Å². The fourth-order valence-corrected chi connectivity index (χ4v) is 4.45. The molecule has 0 radical (unpaired) electrons. The SMILES string of the molecule is CC(C)N1C[C@H]2CCC[C@@H](C1)[N+]2(CC(N)=O)C(C)C. The third-order valence-electron chi connectivity index (χ3n) is 5.45. The van der Waals surface area contributed by atoms with Crippen LogP contribution in [0.3, 0.4) is 0 Å². The third-order valence-corrected chi connectivity index (χ3v) is 5.45. The molecule has 2 heterocycles. The maximum Gasteiger partial charge on any atom is 0.272 e. The maximum atomic E-state index is 11.6. The van der Waals surface area contributed by atoms with Crippen LogP contribution in [0.25, 0.3) is 0 Å². The van der Waals surface area contributed by atoms with E-state index >= 15 is 0 Å². The highest BCUT2D eigenvalue weighted by molar-refractivity contribution is 5.75. The summed E-state index contributed by atoms with van der Waals surface area (Å²) in [6.45, 7) is 11.9. The lowest BCUT2D eigenvalue weighted by Crippen LogP contribution is -2.76. The van der Waals surface area contributed by atoms with E-state index in [0.717, 1.165) is 17.6 Å². The Morgan fingerprint density at radius 1 is 1.21 bits per heavy atom. The van der Waals surface area contributed by atoms with E-state index in [2.05, 4.69) is 32.6 Å². The van der Waals surface area contributed by atoms with Crippen molar-refractivity contribution >= 4 is 5.91 Å². The first-order valence-corrected chi connectivity index (χ1v) is 7.77. The van der Waals surface area contributed by atoms with Crippen LogP contribution in [0, 0.1) is 0 Å². The standard InChI is InChI=1S/C15H29N3O/c1-11(2)17-8-13-6-5-7-14(9-17)18(13,12(3)4)10-15(16)19/h11-14H,5-10H2,1-4H3,(H-,16,19)/p+1/t13-,14+,18?. The van der Waals surface area contributed by atoms with Gasteiger partial charge in [-0.05, 0) is 34.1 Å². The van der Waals surface area contributed by atoms with E-state index < -0.39 is 0 Å². The molecule has 0 aromatic carbocycles. The zero-order valence-corrected chi connectivity index (χ0v) is 12.9. The molecule has 3 atom stereocenters. The average Bonchev–Trinajstić information content (AvgIpc) is 2.26. The molecule has 110 valence electrons. The number of piperazine rings is 1. The lowest BCUT2D eigenvalue weighted by molar-refractivity contribution is -0.994. The summed E-state index contributed by atoms with van der Waals surface area (Å²) in [4.78, 5) is 14.2. The van der Waals surface area contributed by atoms with Crippen molar-refractivity contribution < 1.29 is 9.28 Å². The number of hydrogen-bond donors (Lipinski definition) is 1. The molecule has 2 aliphatic rings. The Morgan fingerprint density at radius 3 is 2.11 bits per heavy atom. The second-order valence-corrected chi connectivity index (χ2v) is 7.00. The minimum absolute atomic E-state index is 0.136. The van der Waals surface area contributed by atoms with Gasteiger partial charge < -0.3 is 10.2 Å². The Bertz CT molecular complexity index is 326. The van der Waals surface area contributed by atoms with Crippen LogP contribution in [-0.4, -0.2) is 59.1 Å². The molecule has 1 amide bonds. The number of hydrogen-bond acceptors (Lipinski definition) is 2. The number of nitrogens with two attached hydrogens (primary N) is 1. The van der Waals surface area contributed by atoms with E-state index in [9.17, 15) is 4.79 Å². The van der Waals surface area contributed by atoms with Crippen molar-refractivity contribution in [1.82, 2.24) is 4.90 Å². The zero-order chi connectivity index (χ0) is 14.2. The highest BCUT2D eigenvalue weighted by Crippen LogP contribution is 2.38. The highest BCUT2D eigenvalue weighted by Gasteiger charge is 2.53. The number of rotatable bonds is 4. The van der Waals surface area contributed by atoms with Crippen molar-refractivity contribution in [3.63, 3.8) is 0 Å². The summed E-state index contributed by atoms with van der Waals surface area (Å²) in [6, 6.07) is 2.26. The van der Waals surface area contributed by atoms with E-state index in [4.69, 9.17) is 5.73 Å². The van der Waals surface area contributed by atoms with E-state index in [0.29, 0.717) is 30.7 Å². The first-order chi connectivity index (χ1) is 8.87. The molecule has 4 heteroatoms. The fraction of sp³-hybridized carbons (Fsp3) is 0.933. The summed E-state index contributed by atoms with van der Waals surface area (Å²) in [6.07, 6.45) is 3.79. The van der Waals surface area contributed by atoms with Crippen molar-refractivity contribution in [3.05, 3.63) is 0 Å². The molecule has 0 spiro atoms. The van der Waals surface area contributed by atoms with Gasteiger partial charge in [-0.2, -0.15) is 0 Å². The number of nitrogens with zero attached hydrogens (tertiary/aromatic N) is 2. The largest absolute Gasteiger partial charge is 0.365 e. The molecular weight excluding hydrogens is 238 g/mol. The molecule has 1 unspecified atom stereocenters. The summed E-state index contributed by atoms with van der Waals surface area (Å²) >= 11 is 0. The number of quaternary nitrogens is 1. The molecule has 2 fully saturated rings. The zero-order valence-electron chi connectivity index (χ0n) is 12.9. The molecule has 0 saturated carbocycles. The van der Waals surface area contributed by atoms with E-state index in [1.165, 1.54) is 19.3 Å². The number of piperidine rings is 1. The number of likely N-dealkylation sites (tertiary alicyclic amines) is 1. The minimum atomic E-state index is -0.136. The van der Waals surface area contributed by atoms with Crippen LogP contribution in [0.15, 0.2) is 0 Å². The van der Waals surface area contributed by atoms with Crippen LogP contribution in [0.1, 0.15) is 47.0 Å². The Hall–Kier alpha value is -0.610. The Morgan fingerprint density at radius 2 is 1.74 bits per heavy atom. The van der Waals surface area contributed by atoms with Gasteiger partial charge in [0.05, 0.1) is 19.1 Å². The van der Waals surface area contributed by atoms with Crippen LogP contribution in [-0.2, 0) is 4.79 Å². The molecule has 4 nitrogen and oxygen atoms in total. The Labute approximate surface area is 117 Å². The van der Waals surface area contributed by atoms with Gasteiger partial charge in [-0.3, -0.25) is 9.69 Å². The molecular formula is C15H30N3O+. The van der Waals surface area contributed by atoms with Crippen molar-refractivity contribution in [3.8, 4) is 0 Å². The molecule has 2 aliphatic heterocycles. The van der Waals surface area contributed by atoms with Gasteiger partial charge in [-0.15, -0.1) is 0 Å². The monoisotopic (exact) mass is 268 g/mol. The first-order valence-electron chi connectivity index (χ1n) is 7.77. The molecule has 0 aromatic rings. The highest BCUT2D eigenvalue weighted by atomic mass is 16.1. The molecule has 2 bridgehead atoms. The number of fused-ring (bicyclic) bond motifs is 2. The van der Waals surface area contributed by atoms with Crippen molar-refractivity contribution in [2.75, 3.05) is 19.6 Å². The molecule has 19 heavy (non-hydrogen) atoms. The average molecular weight is 268 g/mol. The third kappa shape index (κ3) is 2.52. The van der Waals surface area contributed by atoms with Gasteiger partial charge in [0.1, 0.15) is 12.1 Å². The molecule has 2 rings (SSSR count). The fourth-order valence-electron chi connectivity index (χ4n) is 4.45. The summed E-state index contributed by atoms with van der Waals surface area (Å²) in [5.74, 6) is -0.136. The molecule has 2 saturated heterocycles. The smallest absolute Gasteiger partial charge is 0.272 e. The van der Waals surface area contributed by atoms with Crippen molar-refractivity contribution in [2.45, 2.75) is 71.1 Å². The van der Waals surface area contributed by atoms with Gasteiger partial charge in [0.2, 0.25) is 0 Å². The Balaban J connectivity index is 2.30. The van der Waals surface area contributed by atoms with Crippen molar-refractivity contribution in [1.29, 1.82) is 0 Å². The minimum Gasteiger partial charge on any atom is -0.365 e. The lowest BCUT2D eigenvalue weighted by Gasteiger charge is -2.60. The van der Waals surface area contributed by atoms with Crippen LogP contribution >= 0.6 is 0 Å². The molecule has 2 N–H and O–H groups in total. The van der Waals surface area contributed by atoms with Crippen molar-refractivity contribution in [2.24, 2.45) is 5.73 Å². The van der Waals surface area contributed by atoms with Gasteiger partial charge >= 0.3 is 0 Å². The van der Waals surface area contributed by atoms with Gasteiger partial charge in [-0.25, -0.2) is 0 Å². The molecule has 0 aliphatic carbocycles. The van der Waals surface area contributed by atoms with Crippen LogP contribution in [0.2, 0.25) is 0 Å². The molecule has 0 aromatic heterocycles. The van der Waals surface area contributed by atoms with E-state index in [-0.39, 0.29) is 5.91 Å². The van der Waals surface area contributed by atoms with Gasteiger partial charge in [0.15, 0.2) is 6.54 Å². The Kier molecular flexibility index (Phi) is 4.21. The quantitative estimate of drug-likeness (QED) is 0.782. The first kappa shape index (κ1) is 14.8. The predicted octanol–water partition coefficient (Wildman–Crippen LogP) is 1.34. The number of carbonyl (C=O) groups is 1. The topological polar surface area (TPSA) is 46.3 Å². The lowest BCUT2D eigenvalue weighted by atomic mass is 9.84. The van der Waals surface area contributed by atoms with E-state index in [1.807, 2.05) is 0 Å². The maximum absolute atomic E-state index is 11.6. The van der Waals surface area contributed by atoms with Crippen LogP contribution in [0.4, 0.5) is 0 Å². The van der Waals surface area contributed by atoms with Crippen LogP contribution in [0.5, 0.6) is 0 Å².